The summed E-state index contributed by atoms with van der Waals surface area (Å²) in [5.41, 5.74) is -0.219. The van der Waals surface area contributed by atoms with E-state index in [-0.39, 0.29) is 16.7 Å². The van der Waals surface area contributed by atoms with Gasteiger partial charge in [-0.25, -0.2) is 9.59 Å². The van der Waals surface area contributed by atoms with E-state index in [0.717, 1.165) is 6.08 Å². The molecule has 0 radical (unpaired) electrons. The quantitative estimate of drug-likeness (QED) is 0.790. The van der Waals surface area contributed by atoms with E-state index >= 15 is 0 Å². The van der Waals surface area contributed by atoms with Crippen molar-refractivity contribution in [2.45, 2.75) is 6.10 Å². The summed E-state index contributed by atoms with van der Waals surface area (Å²) in [6, 6.07) is 4.05. The molecule has 0 aliphatic carbocycles. The number of hydrogen-bond acceptors (Lipinski definition) is 4. The Morgan fingerprint density at radius 3 is 2.35 bits per heavy atom. The smallest absolute Gasteiger partial charge is 0.337 e. The Hall–Kier alpha value is -2.89. The van der Waals surface area contributed by atoms with Gasteiger partial charge in [-0.1, -0.05) is 18.7 Å². The molecule has 0 bridgehead atoms. The van der Waals surface area contributed by atoms with Gasteiger partial charge in [-0.05, 0) is 12.1 Å². The second-order valence-electron chi connectivity index (χ2n) is 4.03. The van der Waals surface area contributed by atoms with E-state index in [2.05, 4.69) is 6.58 Å². The van der Waals surface area contributed by atoms with Gasteiger partial charge in [0.1, 0.15) is 0 Å². The first-order valence-corrected chi connectivity index (χ1v) is 5.59. The maximum absolute atomic E-state index is 11.5. The fourth-order valence-electron chi connectivity index (χ4n) is 1.94. The molecule has 0 fully saturated rings. The summed E-state index contributed by atoms with van der Waals surface area (Å²) in [6.45, 7) is 3.33. The van der Waals surface area contributed by atoms with Crippen LogP contribution in [0, 0.1) is 0 Å². The Labute approximate surface area is 113 Å². The van der Waals surface area contributed by atoms with E-state index in [1.807, 2.05) is 0 Å². The molecule has 6 nitrogen and oxygen atoms in total. The zero-order chi connectivity index (χ0) is 14.9. The molecule has 1 aromatic carbocycles. The zero-order valence-electron chi connectivity index (χ0n) is 10.2. The lowest BCUT2D eigenvalue weighted by Crippen LogP contribution is -2.30. The van der Waals surface area contributed by atoms with Crippen LogP contribution in [0.15, 0.2) is 37.1 Å². The van der Waals surface area contributed by atoms with E-state index in [1.165, 1.54) is 24.5 Å². The lowest BCUT2D eigenvalue weighted by molar-refractivity contribution is -0.121. The van der Waals surface area contributed by atoms with Crippen LogP contribution in [0.3, 0.4) is 0 Å². The molecule has 102 valence electrons. The highest BCUT2D eigenvalue weighted by Crippen LogP contribution is 2.33. The molecule has 2 rings (SSSR count). The van der Waals surface area contributed by atoms with Crippen LogP contribution in [0.1, 0.15) is 26.3 Å². The van der Waals surface area contributed by atoms with Crippen molar-refractivity contribution in [2.75, 3.05) is 0 Å². The lowest BCUT2D eigenvalue weighted by atomic mass is 9.89. The monoisotopic (exact) mass is 274 g/mol. The first kappa shape index (κ1) is 13.5. The average molecular weight is 274 g/mol. The Balaban J connectivity index is 2.56. The van der Waals surface area contributed by atoms with Crippen molar-refractivity contribution in [3.05, 3.63) is 53.8 Å². The summed E-state index contributed by atoms with van der Waals surface area (Å²) >= 11 is 0. The highest BCUT2D eigenvalue weighted by Gasteiger charge is 2.34. The largest absolute Gasteiger partial charge is 0.485 e. The number of carboxylic acids is 2. The number of ketones is 1. The molecule has 2 N–H and O–H groups in total. The van der Waals surface area contributed by atoms with Crippen molar-refractivity contribution in [1.29, 1.82) is 0 Å². The van der Waals surface area contributed by atoms with E-state index in [0.29, 0.717) is 5.57 Å². The first-order valence-electron chi connectivity index (χ1n) is 5.59. The number of hydrogen-bond donors (Lipinski definition) is 2. The molecule has 1 unspecified atom stereocenters. The molecule has 0 spiro atoms. The summed E-state index contributed by atoms with van der Waals surface area (Å²) in [7, 11) is 0. The van der Waals surface area contributed by atoms with Gasteiger partial charge in [-0.3, -0.25) is 4.79 Å². The predicted molar refractivity (Wildman–Crippen MR) is 68.4 cm³/mol. The number of carbonyl (C=O) groups is 3. The highest BCUT2D eigenvalue weighted by atomic mass is 16.5. The van der Waals surface area contributed by atoms with Gasteiger partial charge in [0.2, 0.25) is 0 Å². The number of carbonyl (C=O) groups excluding carboxylic acids is 1. The van der Waals surface area contributed by atoms with Crippen molar-refractivity contribution < 1.29 is 29.3 Å². The topological polar surface area (TPSA) is 101 Å². The molecule has 0 aromatic heterocycles. The molecule has 1 aliphatic heterocycles. The first-order chi connectivity index (χ1) is 9.47. The third kappa shape index (κ3) is 2.07. The third-order valence-corrected chi connectivity index (χ3v) is 2.89. The van der Waals surface area contributed by atoms with Crippen LogP contribution in [0.4, 0.5) is 0 Å². The molecule has 1 aromatic rings. The van der Waals surface area contributed by atoms with Gasteiger partial charge in [0.25, 0.3) is 0 Å². The molecule has 0 saturated carbocycles. The fourth-order valence-corrected chi connectivity index (χ4v) is 1.94. The molecule has 0 amide bonds. The van der Waals surface area contributed by atoms with E-state index in [1.54, 1.807) is 0 Å². The number of aromatic carboxylic acids is 2. The standard InChI is InChI=1S/C14H10O6/c1-2-10(15)12-9(6-20-12)7-4-3-5-8(13(16)17)11(7)14(18)19/h2-6,12H,1H2,(H,16,17)(H,18,19). The van der Waals surface area contributed by atoms with Crippen LogP contribution >= 0.6 is 0 Å². The SMILES string of the molecule is C=CC(=O)C1OC=C1c1cccc(C(=O)O)c1C(=O)O. The van der Waals surface area contributed by atoms with E-state index < -0.39 is 23.8 Å². The molecule has 1 atom stereocenters. The molecule has 6 heteroatoms. The van der Waals surface area contributed by atoms with Gasteiger partial charge >= 0.3 is 11.9 Å². The Morgan fingerprint density at radius 2 is 1.90 bits per heavy atom. The number of rotatable bonds is 5. The van der Waals surface area contributed by atoms with Crippen molar-refractivity contribution in [3.8, 4) is 0 Å². The Morgan fingerprint density at radius 1 is 1.20 bits per heavy atom. The minimum Gasteiger partial charge on any atom is -0.485 e. The molecule has 0 saturated heterocycles. The molecule has 1 aliphatic rings. The fraction of sp³-hybridized carbons (Fsp3) is 0.0714. The van der Waals surface area contributed by atoms with Gasteiger partial charge in [0.15, 0.2) is 11.9 Å². The maximum Gasteiger partial charge on any atom is 0.337 e. The van der Waals surface area contributed by atoms with Crippen LogP contribution in [0.25, 0.3) is 5.57 Å². The minimum atomic E-state index is -1.38. The van der Waals surface area contributed by atoms with Crippen molar-refractivity contribution in [1.82, 2.24) is 0 Å². The van der Waals surface area contributed by atoms with Gasteiger partial charge in [0, 0.05) is 11.1 Å². The highest BCUT2D eigenvalue weighted by molar-refractivity contribution is 6.09. The Bertz CT molecular complexity index is 656. The Kier molecular flexibility index (Phi) is 3.39. The maximum atomic E-state index is 11.5. The predicted octanol–water partition coefficient (Wildman–Crippen LogP) is 1.58. The summed E-state index contributed by atoms with van der Waals surface area (Å²) < 4.78 is 4.96. The van der Waals surface area contributed by atoms with Gasteiger partial charge in [-0.2, -0.15) is 0 Å². The van der Waals surface area contributed by atoms with Crippen LogP contribution in [-0.2, 0) is 9.53 Å². The van der Waals surface area contributed by atoms with Crippen LogP contribution in [-0.4, -0.2) is 34.0 Å². The van der Waals surface area contributed by atoms with Crippen molar-refractivity contribution >= 4 is 23.3 Å². The van der Waals surface area contributed by atoms with E-state index in [4.69, 9.17) is 9.84 Å². The molecular formula is C14H10O6. The summed E-state index contributed by atoms with van der Waals surface area (Å²) in [6.07, 6.45) is 1.37. The summed E-state index contributed by atoms with van der Waals surface area (Å²) in [5, 5.41) is 18.2. The molecular weight excluding hydrogens is 264 g/mol. The van der Waals surface area contributed by atoms with Crippen LogP contribution < -0.4 is 0 Å². The van der Waals surface area contributed by atoms with Gasteiger partial charge in [-0.15, -0.1) is 0 Å². The summed E-state index contributed by atoms with van der Waals surface area (Å²) in [4.78, 5) is 33.9. The third-order valence-electron chi connectivity index (χ3n) is 2.89. The molecule has 20 heavy (non-hydrogen) atoms. The number of ether oxygens (including phenoxy) is 1. The lowest BCUT2D eigenvalue weighted by Gasteiger charge is -2.27. The number of benzene rings is 1. The van der Waals surface area contributed by atoms with Crippen LogP contribution in [0.5, 0.6) is 0 Å². The normalized spacial score (nSPS) is 16.4. The second kappa shape index (κ2) is 5.00. The van der Waals surface area contributed by atoms with E-state index in [9.17, 15) is 19.5 Å². The average Bonchev–Trinajstić information content (AvgIpc) is 2.36. The number of carboxylic acid groups (broad SMARTS) is 2. The summed E-state index contributed by atoms with van der Waals surface area (Å²) in [5.74, 6) is -3.15. The zero-order valence-corrected chi connectivity index (χ0v) is 10.2. The van der Waals surface area contributed by atoms with Crippen molar-refractivity contribution in [3.63, 3.8) is 0 Å². The second-order valence-corrected chi connectivity index (χ2v) is 4.03. The van der Waals surface area contributed by atoms with Gasteiger partial charge < -0.3 is 14.9 Å². The minimum absolute atomic E-state index is 0.156. The van der Waals surface area contributed by atoms with Gasteiger partial charge in [0.05, 0.1) is 17.4 Å². The van der Waals surface area contributed by atoms with Crippen molar-refractivity contribution in [2.24, 2.45) is 0 Å². The molecule has 1 heterocycles. The van der Waals surface area contributed by atoms with Crippen LogP contribution in [0.2, 0.25) is 0 Å².